The molecule has 0 unspecified atom stereocenters. The largest absolute Gasteiger partial charge is 0.493 e. The summed E-state index contributed by atoms with van der Waals surface area (Å²) in [5.41, 5.74) is -0.461. The zero-order valence-corrected chi connectivity index (χ0v) is 15.9. The predicted octanol–water partition coefficient (Wildman–Crippen LogP) is 4.09. The lowest BCUT2D eigenvalue weighted by Gasteiger charge is -2.12. The molecule has 0 aliphatic carbocycles. The molecule has 2 aromatic rings. The first-order valence-corrected chi connectivity index (χ1v) is 8.78. The van der Waals surface area contributed by atoms with Crippen molar-refractivity contribution < 1.29 is 37.0 Å². The van der Waals surface area contributed by atoms with Crippen LogP contribution in [0.4, 0.5) is 18.9 Å². The standard InChI is InChI=1S/C20H20F3NO5/c1-3-4-9-28-15-8-5-12(10-16(15)27-2)20(26)29-11-17(25)24-14-7-6-13(21)18(22)19(14)23/h5-8,10H,3-4,9,11H2,1-2H3,(H,24,25). The maximum Gasteiger partial charge on any atom is 0.338 e. The Labute approximate surface area is 165 Å². The summed E-state index contributed by atoms with van der Waals surface area (Å²) in [6.07, 6.45) is 1.82. The zero-order valence-electron chi connectivity index (χ0n) is 15.9. The second kappa shape index (κ2) is 10.4. The van der Waals surface area contributed by atoms with Crippen molar-refractivity contribution in [2.75, 3.05) is 25.6 Å². The third kappa shape index (κ3) is 5.87. The lowest BCUT2D eigenvalue weighted by atomic mass is 10.2. The van der Waals surface area contributed by atoms with Crippen LogP contribution in [0.2, 0.25) is 0 Å². The number of rotatable bonds is 9. The molecule has 1 amide bonds. The van der Waals surface area contributed by atoms with Crippen LogP contribution in [-0.4, -0.2) is 32.2 Å². The molecule has 156 valence electrons. The number of ether oxygens (including phenoxy) is 3. The number of carbonyl (C=O) groups excluding carboxylic acids is 2. The van der Waals surface area contributed by atoms with Crippen molar-refractivity contribution >= 4 is 17.6 Å². The van der Waals surface area contributed by atoms with Crippen LogP contribution in [0.15, 0.2) is 30.3 Å². The number of benzene rings is 2. The Hall–Kier alpha value is -3.23. The molecule has 0 heterocycles. The molecule has 2 rings (SSSR count). The van der Waals surface area contributed by atoms with Gasteiger partial charge in [0.2, 0.25) is 0 Å². The molecule has 0 radical (unpaired) electrons. The van der Waals surface area contributed by atoms with Gasteiger partial charge in [0.1, 0.15) is 0 Å². The molecular weight excluding hydrogens is 391 g/mol. The van der Waals surface area contributed by atoms with Gasteiger partial charge >= 0.3 is 5.97 Å². The SMILES string of the molecule is CCCCOc1ccc(C(=O)OCC(=O)Nc2ccc(F)c(F)c2F)cc1OC. The van der Waals surface area contributed by atoms with E-state index in [1.54, 1.807) is 6.07 Å². The average molecular weight is 411 g/mol. The fourth-order valence-electron chi connectivity index (χ4n) is 2.26. The molecule has 9 heteroatoms. The second-order valence-electron chi connectivity index (χ2n) is 5.91. The number of anilines is 1. The van der Waals surface area contributed by atoms with Crippen LogP contribution < -0.4 is 14.8 Å². The van der Waals surface area contributed by atoms with Crippen molar-refractivity contribution in [1.82, 2.24) is 0 Å². The van der Waals surface area contributed by atoms with E-state index in [-0.39, 0.29) is 5.56 Å². The van der Waals surface area contributed by atoms with Crippen molar-refractivity contribution in [3.8, 4) is 11.5 Å². The van der Waals surface area contributed by atoms with Gasteiger partial charge in [-0.1, -0.05) is 13.3 Å². The van der Waals surface area contributed by atoms with Gasteiger partial charge in [-0.25, -0.2) is 18.0 Å². The van der Waals surface area contributed by atoms with E-state index in [9.17, 15) is 22.8 Å². The Morgan fingerprint density at radius 1 is 1.03 bits per heavy atom. The van der Waals surface area contributed by atoms with Gasteiger partial charge in [-0.15, -0.1) is 0 Å². The fraction of sp³-hybridized carbons (Fsp3) is 0.300. The number of carbonyl (C=O) groups is 2. The minimum atomic E-state index is -1.71. The predicted molar refractivity (Wildman–Crippen MR) is 98.6 cm³/mol. The van der Waals surface area contributed by atoms with Crippen LogP contribution in [0.1, 0.15) is 30.1 Å². The maximum absolute atomic E-state index is 13.6. The highest BCUT2D eigenvalue weighted by molar-refractivity contribution is 5.95. The summed E-state index contributed by atoms with van der Waals surface area (Å²) in [5, 5.41) is 2.00. The molecule has 0 fully saturated rings. The fourth-order valence-corrected chi connectivity index (χ4v) is 2.26. The number of methoxy groups -OCH3 is 1. The molecule has 29 heavy (non-hydrogen) atoms. The van der Waals surface area contributed by atoms with Gasteiger partial charge in [-0.2, -0.15) is 0 Å². The van der Waals surface area contributed by atoms with Gasteiger partial charge in [0.15, 0.2) is 35.6 Å². The van der Waals surface area contributed by atoms with E-state index in [1.807, 2.05) is 12.2 Å². The monoisotopic (exact) mass is 411 g/mol. The Bertz CT molecular complexity index is 889. The van der Waals surface area contributed by atoms with Gasteiger partial charge in [-0.3, -0.25) is 4.79 Å². The Kier molecular flexibility index (Phi) is 7.88. The number of halogens is 3. The molecule has 0 aliphatic rings. The van der Waals surface area contributed by atoms with Crippen LogP contribution in [0.3, 0.4) is 0 Å². The molecule has 1 N–H and O–H groups in total. The topological polar surface area (TPSA) is 73.9 Å². The van der Waals surface area contributed by atoms with E-state index in [0.717, 1.165) is 18.9 Å². The molecular formula is C20H20F3NO5. The molecule has 0 spiro atoms. The summed E-state index contributed by atoms with van der Waals surface area (Å²) in [4.78, 5) is 23.9. The minimum absolute atomic E-state index is 0.108. The Morgan fingerprint density at radius 3 is 2.48 bits per heavy atom. The lowest BCUT2D eigenvalue weighted by molar-refractivity contribution is -0.119. The van der Waals surface area contributed by atoms with E-state index in [0.29, 0.717) is 24.2 Å². The molecule has 0 aliphatic heterocycles. The Balaban J connectivity index is 1.96. The lowest BCUT2D eigenvalue weighted by Crippen LogP contribution is -2.21. The molecule has 6 nitrogen and oxygen atoms in total. The van der Waals surface area contributed by atoms with E-state index >= 15 is 0 Å². The van der Waals surface area contributed by atoms with Crippen LogP contribution in [0.5, 0.6) is 11.5 Å². The second-order valence-corrected chi connectivity index (χ2v) is 5.91. The quantitative estimate of drug-likeness (QED) is 0.382. The van der Waals surface area contributed by atoms with Crippen LogP contribution in [0, 0.1) is 17.5 Å². The van der Waals surface area contributed by atoms with Gasteiger partial charge in [0, 0.05) is 0 Å². The van der Waals surface area contributed by atoms with E-state index in [2.05, 4.69) is 0 Å². The highest BCUT2D eigenvalue weighted by atomic mass is 19.2. The summed E-state index contributed by atoms with van der Waals surface area (Å²) >= 11 is 0. The average Bonchev–Trinajstić information content (AvgIpc) is 2.72. The maximum atomic E-state index is 13.6. The first kappa shape index (κ1) is 22.1. The van der Waals surface area contributed by atoms with Gasteiger partial charge in [-0.05, 0) is 36.8 Å². The number of esters is 1. The first-order valence-electron chi connectivity index (χ1n) is 8.78. The van der Waals surface area contributed by atoms with Crippen molar-refractivity contribution in [2.24, 2.45) is 0 Å². The highest BCUT2D eigenvalue weighted by Crippen LogP contribution is 2.28. The highest BCUT2D eigenvalue weighted by Gasteiger charge is 2.17. The van der Waals surface area contributed by atoms with E-state index in [1.165, 1.54) is 19.2 Å². The number of hydrogen-bond donors (Lipinski definition) is 1. The molecule has 2 aromatic carbocycles. The number of hydrogen-bond acceptors (Lipinski definition) is 5. The van der Waals surface area contributed by atoms with Crippen molar-refractivity contribution in [1.29, 1.82) is 0 Å². The van der Waals surface area contributed by atoms with Gasteiger partial charge in [0.05, 0.1) is 25.0 Å². The van der Waals surface area contributed by atoms with Crippen LogP contribution in [-0.2, 0) is 9.53 Å². The summed E-state index contributed by atoms with van der Waals surface area (Å²) in [6, 6.07) is 5.91. The number of nitrogens with one attached hydrogen (secondary N) is 1. The third-order valence-electron chi connectivity index (χ3n) is 3.80. The molecule has 0 bridgehead atoms. The molecule has 0 saturated carbocycles. The van der Waals surface area contributed by atoms with Gasteiger partial charge in [0.25, 0.3) is 5.91 Å². The molecule has 0 atom stereocenters. The normalized spacial score (nSPS) is 10.4. The van der Waals surface area contributed by atoms with Gasteiger partial charge < -0.3 is 19.5 Å². The summed E-state index contributed by atoms with van der Waals surface area (Å²) in [5.74, 6) is -5.61. The summed E-state index contributed by atoms with van der Waals surface area (Å²) < 4.78 is 55.2. The number of unbranched alkanes of at least 4 members (excludes halogenated alkanes) is 1. The van der Waals surface area contributed by atoms with Crippen molar-refractivity contribution in [3.05, 3.63) is 53.3 Å². The van der Waals surface area contributed by atoms with Crippen molar-refractivity contribution in [3.63, 3.8) is 0 Å². The smallest absolute Gasteiger partial charge is 0.338 e. The van der Waals surface area contributed by atoms with Crippen LogP contribution in [0.25, 0.3) is 0 Å². The zero-order chi connectivity index (χ0) is 21.4. The van der Waals surface area contributed by atoms with E-state index in [4.69, 9.17) is 14.2 Å². The van der Waals surface area contributed by atoms with Crippen LogP contribution >= 0.6 is 0 Å². The van der Waals surface area contributed by atoms with E-state index < -0.39 is 41.6 Å². The minimum Gasteiger partial charge on any atom is -0.493 e. The molecule has 0 saturated heterocycles. The summed E-state index contributed by atoms with van der Waals surface area (Å²) in [7, 11) is 1.42. The Morgan fingerprint density at radius 2 is 1.79 bits per heavy atom. The number of amides is 1. The van der Waals surface area contributed by atoms with Crippen molar-refractivity contribution in [2.45, 2.75) is 19.8 Å². The summed E-state index contributed by atoms with van der Waals surface area (Å²) in [6.45, 7) is 1.77. The first-order chi connectivity index (χ1) is 13.9. The third-order valence-corrected chi connectivity index (χ3v) is 3.80. The molecule has 0 aromatic heterocycles.